The molecule has 12 heavy (non-hydrogen) atoms. The summed E-state index contributed by atoms with van der Waals surface area (Å²) >= 11 is 1.43. The van der Waals surface area contributed by atoms with Crippen LogP contribution in [-0.4, -0.2) is 6.29 Å². The van der Waals surface area contributed by atoms with Crippen molar-refractivity contribution in [1.29, 1.82) is 0 Å². The van der Waals surface area contributed by atoms with Crippen molar-refractivity contribution in [3.63, 3.8) is 0 Å². The highest BCUT2D eigenvalue weighted by molar-refractivity contribution is 7.21. The molecule has 0 aliphatic carbocycles. The van der Waals surface area contributed by atoms with Gasteiger partial charge in [-0.1, -0.05) is 12.1 Å². The predicted molar refractivity (Wildman–Crippen MR) is 51.6 cm³/mol. The molecule has 1 heterocycles. The van der Waals surface area contributed by atoms with Crippen LogP contribution in [-0.2, 0) is 0 Å². The number of rotatable bonds is 1. The van der Waals surface area contributed by atoms with Crippen molar-refractivity contribution < 1.29 is 4.79 Å². The molecule has 1 aromatic heterocycles. The van der Waals surface area contributed by atoms with Crippen LogP contribution in [0.15, 0.2) is 24.3 Å². The maximum atomic E-state index is 10.5. The van der Waals surface area contributed by atoms with Crippen molar-refractivity contribution in [3.8, 4) is 0 Å². The molecule has 0 atom stereocenters. The summed E-state index contributed by atoms with van der Waals surface area (Å²) in [6, 6.07) is 7.53. The van der Waals surface area contributed by atoms with Crippen molar-refractivity contribution >= 4 is 33.4 Å². The zero-order valence-electron chi connectivity index (χ0n) is 6.28. The molecule has 0 fully saturated rings. The Bertz CT molecular complexity index is 433. The van der Waals surface area contributed by atoms with E-state index in [2.05, 4.69) is 0 Å². The zero-order chi connectivity index (χ0) is 8.55. The lowest BCUT2D eigenvalue weighted by Crippen LogP contribution is -1.81. The SMILES string of the molecule is Nc1cccc2cc(C=O)sc12. The molecule has 2 aromatic rings. The Morgan fingerprint density at radius 3 is 2.92 bits per heavy atom. The highest BCUT2D eigenvalue weighted by atomic mass is 32.1. The maximum Gasteiger partial charge on any atom is 0.160 e. The molecule has 3 heteroatoms. The lowest BCUT2D eigenvalue weighted by atomic mass is 10.2. The number of hydrogen-bond donors (Lipinski definition) is 1. The Hall–Kier alpha value is -1.35. The maximum absolute atomic E-state index is 10.5. The van der Waals surface area contributed by atoms with Crippen molar-refractivity contribution in [2.45, 2.75) is 0 Å². The quantitative estimate of drug-likeness (QED) is 0.536. The van der Waals surface area contributed by atoms with Crippen LogP contribution in [0.1, 0.15) is 9.67 Å². The van der Waals surface area contributed by atoms with Gasteiger partial charge in [-0.25, -0.2) is 0 Å². The topological polar surface area (TPSA) is 43.1 Å². The molecule has 0 aliphatic rings. The smallest absolute Gasteiger partial charge is 0.160 e. The van der Waals surface area contributed by atoms with Gasteiger partial charge in [0.2, 0.25) is 0 Å². The first kappa shape index (κ1) is 7.31. The predicted octanol–water partition coefficient (Wildman–Crippen LogP) is 2.30. The fourth-order valence-corrected chi connectivity index (χ4v) is 2.06. The molecule has 2 rings (SSSR count). The zero-order valence-corrected chi connectivity index (χ0v) is 7.10. The third-order valence-corrected chi connectivity index (χ3v) is 2.84. The second-order valence-corrected chi connectivity index (χ2v) is 3.62. The number of nitrogen functional groups attached to an aromatic ring is 1. The van der Waals surface area contributed by atoms with E-state index in [4.69, 9.17) is 5.73 Å². The van der Waals surface area contributed by atoms with E-state index in [1.165, 1.54) is 11.3 Å². The normalized spacial score (nSPS) is 10.3. The van der Waals surface area contributed by atoms with E-state index in [0.29, 0.717) is 0 Å². The van der Waals surface area contributed by atoms with Gasteiger partial charge >= 0.3 is 0 Å². The molecule has 60 valence electrons. The van der Waals surface area contributed by atoms with E-state index in [0.717, 1.165) is 26.9 Å². The minimum Gasteiger partial charge on any atom is -0.398 e. The van der Waals surface area contributed by atoms with Crippen LogP contribution in [0.25, 0.3) is 10.1 Å². The summed E-state index contributed by atoms with van der Waals surface area (Å²) in [5, 5.41) is 1.04. The van der Waals surface area contributed by atoms with Crippen LogP contribution >= 0.6 is 11.3 Å². The van der Waals surface area contributed by atoms with E-state index >= 15 is 0 Å². The minimum atomic E-state index is 0.725. The number of anilines is 1. The van der Waals surface area contributed by atoms with E-state index in [9.17, 15) is 4.79 Å². The first-order valence-corrected chi connectivity index (χ1v) is 4.36. The Morgan fingerprint density at radius 1 is 1.42 bits per heavy atom. The van der Waals surface area contributed by atoms with Crippen molar-refractivity contribution in [2.75, 3.05) is 5.73 Å². The fourth-order valence-electron chi connectivity index (χ4n) is 1.16. The van der Waals surface area contributed by atoms with E-state index in [1.807, 2.05) is 24.3 Å². The standard InChI is InChI=1S/C9H7NOS/c10-8-3-1-2-6-4-7(5-11)12-9(6)8/h1-5H,10H2. The molecule has 0 bridgehead atoms. The molecular formula is C9H7NOS. The van der Waals surface area contributed by atoms with Crippen LogP contribution in [0.3, 0.4) is 0 Å². The summed E-state index contributed by atoms with van der Waals surface area (Å²) in [7, 11) is 0. The molecule has 0 saturated carbocycles. The third-order valence-electron chi connectivity index (χ3n) is 1.71. The van der Waals surface area contributed by atoms with Gasteiger partial charge < -0.3 is 5.73 Å². The first-order valence-electron chi connectivity index (χ1n) is 3.54. The molecule has 1 aromatic carbocycles. The van der Waals surface area contributed by atoms with Gasteiger partial charge in [-0.05, 0) is 17.5 Å². The Labute approximate surface area is 73.6 Å². The third kappa shape index (κ3) is 0.987. The summed E-state index contributed by atoms with van der Waals surface area (Å²) in [6.07, 6.45) is 0.851. The van der Waals surface area contributed by atoms with Crippen LogP contribution in [0.5, 0.6) is 0 Å². The lowest BCUT2D eigenvalue weighted by molar-refractivity contribution is 0.112. The molecule has 2 N–H and O–H groups in total. The molecule has 0 radical (unpaired) electrons. The molecule has 0 aliphatic heterocycles. The number of carbonyl (C=O) groups is 1. The minimum absolute atomic E-state index is 0.725. The van der Waals surface area contributed by atoms with Crippen LogP contribution in [0, 0.1) is 0 Å². The van der Waals surface area contributed by atoms with Crippen LogP contribution < -0.4 is 5.73 Å². The fraction of sp³-hybridized carbons (Fsp3) is 0. The summed E-state index contributed by atoms with van der Waals surface area (Å²) in [4.78, 5) is 11.2. The first-order chi connectivity index (χ1) is 5.81. The molecule has 0 spiro atoms. The summed E-state index contributed by atoms with van der Waals surface area (Å²) in [5.41, 5.74) is 6.46. The lowest BCUT2D eigenvalue weighted by Gasteiger charge is -1.91. The number of benzene rings is 1. The van der Waals surface area contributed by atoms with E-state index in [-0.39, 0.29) is 0 Å². The number of carbonyl (C=O) groups excluding carboxylic acids is 1. The van der Waals surface area contributed by atoms with Gasteiger partial charge in [0.1, 0.15) is 0 Å². The van der Waals surface area contributed by atoms with Crippen molar-refractivity contribution in [3.05, 3.63) is 29.1 Å². The highest BCUT2D eigenvalue weighted by Crippen LogP contribution is 2.28. The van der Waals surface area contributed by atoms with Crippen molar-refractivity contribution in [2.24, 2.45) is 0 Å². The van der Waals surface area contributed by atoms with Gasteiger partial charge in [0.15, 0.2) is 6.29 Å². The number of thiophene rings is 1. The van der Waals surface area contributed by atoms with Crippen LogP contribution in [0.2, 0.25) is 0 Å². The monoisotopic (exact) mass is 177 g/mol. The summed E-state index contributed by atoms with van der Waals surface area (Å²) < 4.78 is 1.000. The Balaban J connectivity index is 2.82. The molecule has 0 saturated heterocycles. The molecule has 0 unspecified atom stereocenters. The average molecular weight is 177 g/mol. The Morgan fingerprint density at radius 2 is 2.25 bits per heavy atom. The van der Waals surface area contributed by atoms with Gasteiger partial charge in [0.25, 0.3) is 0 Å². The number of nitrogens with two attached hydrogens (primary N) is 1. The van der Waals surface area contributed by atoms with Gasteiger partial charge in [-0.15, -0.1) is 11.3 Å². The van der Waals surface area contributed by atoms with Gasteiger partial charge in [0, 0.05) is 5.69 Å². The second kappa shape index (κ2) is 2.60. The van der Waals surface area contributed by atoms with E-state index < -0.39 is 0 Å². The van der Waals surface area contributed by atoms with Gasteiger partial charge in [-0.3, -0.25) is 4.79 Å². The molecule has 0 amide bonds. The largest absolute Gasteiger partial charge is 0.398 e. The average Bonchev–Trinajstić information content (AvgIpc) is 2.49. The van der Waals surface area contributed by atoms with Crippen molar-refractivity contribution in [1.82, 2.24) is 0 Å². The molecule has 2 nitrogen and oxygen atoms in total. The second-order valence-electron chi connectivity index (χ2n) is 2.53. The van der Waals surface area contributed by atoms with Gasteiger partial charge in [-0.2, -0.15) is 0 Å². The van der Waals surface area contributed by atoms with E-state index in [1.54, 1.807) is 0 Å². The number of aldehydes is 1. The summed E-state index contributed by atoms with van der Waals surface area (Å²) in [5.74, 6) is 0. The summed E-state index contributed by atoms with van der Waals surface area (Å²) in [6.45, 7) is 0. The van der Waals surface area contributed by atoms with Crippen LogP contribution in [0.4, 0.5) is 5.69 Å². The Kier molecular flexibility index (Phi) is 1.59. The highest BCUT2D eigenvalue weighted by Gasteiger charge is 2.02. The van der Waals surface area contributed by atoms with Gasteiger partial charge in [0.05, 0.1) is 9.58 Å². The molecular weight excluding hydrogens is 170 g/mol. The number of fused-ring (bicyclic) bond motifs is 1. The number of hydrogen-bond acceptors (Lipinski definition) is 3.